The molecule has 4 rings (SSSR count). The fourth-order valence-electron chi connectivity index (χ4n) is 2.92. The standard InChI is InChI=1S/C22H16AsN.ClH/c1-4-10-17(11-5-1)20-16-23-24-22(19-14-8-3-9-15-19)21(20)18-12-6-2-7-13-18;/h1-16H;1H. The van der Waals surface area contributed by atoms with Crippen molar-refractivity contribution in [1.82, 2.24) is 0 Å². The van der Waals surface area contributed by atoms with Crippen LogP contribution in [0.3, 0.4) is 0 Å². The van der Waals surface area contributed by atoms with E-state index in [9.17, 15) is 0 Å². The number of hydrogen-bond donors (Lipinski definition) is 0. The summed E-state index contributed by atoms with van der Waals surface area (Å²) in [5, 5.41) is 0. The van der Waals surface area contributed by atoms with Crippen molar-refractivity contribution in [3.05, 3.63) is 113 Å². The number of rotatable bonds is 3. The Kier molecular flexibility index (Phi) is 5.81. The zero-order valence-corrected chi connectivity index (χ0v) is 16.2. The molecule has 1 heterocycles. The first-order valence-electron chi connectivity index (χ1n) is 7.95. The molecule has 0 N–H and O–H groups in total. The molecule has 0 unspecified atom stereocenters. The van der Waals surface area contributed by atoms with Crippen LogP contribution in [0.25, 0.3) is 16.8 Å². The second-order valence-corrected chi connectivity index (χ2v) is 7.03. The van der Waals surface area contributed by atoms with Gasteiger partial charge in [0, 0.05) is 0 Å². The molecule has 0 fully saturated rings. The molecule has 0 spiro atoms. The zero-order chi connectivity index (χ0) is 16.2. The van der Waals surface area contributed by atoms with E-state index in [1.54, 1.807) is 0 Å². The molecular formula is C22H17AsClN. The molecule has 0 radical (unpaired) electrons. The Morgan fingerprint density at radius 3 is 1.60 bits per heavy atom. The van der Waals surface area contributed by atoms with Gasteiger partial charge in [0.25, 0.3) is 0 Å². The molecule has 1 aliphatic rings. The number of nitrogens with zero attached hydrogens (tertiary/aromatic N) is 1. The van der Waals surface area contributed by atoms with Crippen LogP contribution >= 0.6 is 12.4 Å². The maximum absolute atomic E-state index is 4.93. The molecule has 0 saturated carbocycles. The molecular weight excluding hydrogens is 389 g/mol. The third kappa shape index (κ3) is 3.74. The van der Waals surface area contributed by atoms with Crippen LogP contribution in [-0.4, -0.2) is 15.6 Å². The molecule has 0 aliphatic carbocycles. The van der Waals surface area contributed by atoms with Gasteiger partial charge in [0.2, 0.25) is 0 Å². The summed E-state index contributed by atoms with van der Waals surface area (Å²) in [6.07, 6.45) is 0. The van der Waals surface area contributed by atoms with Gasteiger partial charge in [0.05, 0.1) is 0 Å². The van der Waals surface area contributed by atoms with E-state index < -0.39 is 0 Å². The summed E-state index contributed by atoms with van der Waals surface area (Å²) in [5.41, 5.74) is 7.31. The van der Waals surface area contributed by atoms with Crippen molar-refractivity contribution >= 4 is 44.8 Å². The number of benzene rings is 3. The average Bonchev–Trinajstić information content (AvgIpc) is 2.69. The summed E-state index contributed by atoms with van der Waals surface area (Å²) in [7, 11) is 0. The van der Waals surface area contributed by atoms with Gasteiger partial charge in [-0.15, -0.1) is 12.4 Å². The number of allylic oxidation sites excluding steroid dienone is 2. The van der Waals surface area contributed by atoms with Crippen molar-refractivity contribution in [2.24, 2.45) is 3.86 Å². The first kappa shape index (κ1) is 17.6. The normalized spacial score (nSPS) is 13.8. The molecule has 0 saturated heterocycles. The Bertz CT molecular complexity index is 930. The Balaban J connectivity index is 0.00000182. The molecule has 3 aromatic carbocycles. The van der Waals surface area contributed by atoms with E-state index in [-0.39, 0.29) is 28.0 Å². The minimum absolute atomic E-state index is 0. The monoisotopic (exact) mass is 405 g/mol. The van der Waals surface area contributed by atoms with Crippen molar-refractivity contribution in [3.63, 3.8) is 0 Å². The Hall–Kier alpha value is -2.21. The Labute approximate surface area is 161 Å². The quantitative estimate of drug-likeness (QED) is 0.480. The minimum atomic E-state index is -0.177. The van der Waals surface area contributed by atoms with Crippen LogP contribution in [-0.2, 0) is 0 Å². The summed E-state index contributed by atoms with van der Waals surface area (Å²) in [6.45, 7) is 0. The van der Waals surface area contributed by atoms with Gasteiger partial charge >= 0.3 is 149 Å². The van der Waals surface area contributed by atoms with Crippen molar-refractivity contribution in [2.45, 2.75) is 0 Å². The summed E-state index contributed by atoms with van der Waals surface area (Å²) >= 11 is -0.177. The van der Waals surface area contributed by atoms with E-state index in [1.165, 1.54) is 27.8 Å². The van der Waals surface area contributed by atoms with Gasteiger partial charge in [0.1, 0.15) is 0 Å². The molecule has 1 nitrogen and oxygen atoms in total. The van der Waals surface area contributed by atoms with Gasteiger partial charge in [-0.1, -0.05) is 0 Å². The molecule has 1 aliphatic heterocycles. The fraction of sp³-hybridized carbons (Fsp3) is 0. The third-order valence-electron chi connectivity index (χ3n) is 4.05. The van der Waals surface area contributed by atoms with Crippen molar-refractivity contribution in [2.75, 3.05) is 0 Å². The topological polar surface area (TPSA) is 12.4 Å². The molecule has 0 amide bonds. The summed E-state index contributed by atoms with van der Waals surface area (Å²) < 4.78 is 4.93. The summed E-state index contributed by atoms with van der Waals surface area (Å²) in [5.74, 6) is 0. The van der Waals surface area contributed by atoms with Gasteiger partial charge in [-0.3, -0.25) is 0 Å². The number of hydrogen-bond acceptors (Lipinski definition) is 1. The molecule has 0 atom stereocenters. The third-order valence-corrected chi connectivity index (χ3v) is 5.49. The van der Waals surface area contributed by atoms with Crippen LogP contribution < -0.4 is 0 Å². The predicted octanol–water partition coefficient (Wildman–Crippen LogP) is 5.92. The molecule has 0 bridgehead atoms. The van der Waals surface area contributed by atoms with Gasteiger partial charge < -0.3 is 0 Å². The smallest absolute Gasteiger partial charge is 0.147 e. The van der Waals surface area contributed by atoms with Crippen molar-refractivity contribution < 1.29 is 0 Å². The van der Waals surface area contributed by atoms with Crippen LogP contribution in [0, 0.1) is 0 Å². The number of halogens is 1. The second-order valence-electron chi connectivity index (χ2n) is 5.58. The summed E-state index contributed by atoms with van der Waals surface area (Å²) in [4.78, 5) is 2.32. The van der Waals surface area contributed by atoms with Gasteiger partial charge in [-0.05, 0) is 0 Å². The minimum Gasteiger partial charge on any atom is -0.147 e. The first-order chi connectivity index (χ1) is 11.9. The van der Waals surface area contributed by atoms with Gasteiger partial charge in [-0.25, -0.2) is 0 Å². The average molecular weight is 406 g/mol. The van der Waals surface area contributed by atoms with Crippen LogP contribution in [0.1, 0.15) is 16.7 Å². The van der Waals surface area contributed by atoms with Crippen LogP contribution in [0.2, 0.25) is 0 Å². The van der Waals surface area contributed by atoms with E-state index in [4.69, 9.17) is 3.86 Å². The Morgan fingerprint density at radius 2 is 1.04 bits per heavy atom. The van der Waals surface area contributed by atoms with E-state index in [0.717, 1.165) is 5.70 Å². The SMILES string of the molecule is C1=C(c2ccccc2)C(c2ccccc2)=C(c2ccccc2)N=[As]1.Cl. The molecule has 3 aromatic rings. The van der Waals surface area contributed by atoms with Crippen LogP contribution in [0.4, 0.5) is 0 Å². The van der Waals surface area contributed by atoms with E-state index in [0.29, 0.717) is 0 Å². The van der Waals surface area contributed by atoms with Crippen LogP contribution in [0.15, 0.2) is 99.7 Å². The van der Waals surface area contributed by atoms with E-state index >= 15 is 0 Å². The molecule has 122 valence electrons. The van der Waals surface area contributed by atoms with Gasteiger partial charge in [0.15, 0.2) is 0 Å². The van der Waals surface area contributed by atoms with Crippen molar-refractivity contribution in [1.29, 1.82) is 0 Å². The first-order valence-corrected chi connectivity index (χ1v) is 9.88. The fourth-order valence-corrected chi connectivity index (χ4v) is 4.56. The largest absolute Gasteiger partial charge is 0.147 e. The summed E-state index contributed by atoms with van der Waals surface area (Å²) in [6, 6.07) is 31.7. The molecule has 25 heavy (non-hydrogen) atoms. The maximum atomic E-state index is 4.93. The Morgan fingerprint density at radius 1 is 0.560 bits per heavy atom. The van der Waals surface area contributed by atoms with Crippen molar-refractivity contribution in [3.8, 4) is 0 Å². The second kappa shape index (κ2) is 8.25. The van der Waals surface area contributed by atoms with Gasteiger partial charge in [-0.2, -0.15) is 0 Å². The predicted molar refractivity (Wildman–Crippen MR) is 110 cm³/mol. The van der Waals surface area contributed by atoms with E-state index in [1.807, 2.05) is 0 Å². The zero-order valence-electron chi connectivity index (χ0n) is 13.5. The van der Waals surface area contributed by atoms with Crippen LogP contribution in [0.5, 0.6) is 0 Å². The van der Waals surface area contributed by atoms with E-state index in [2.05, 4.69) is 95.9 Å². The molecule has 3 heteroatoms. The maximum Gasteiger partial charge on any atom is -0.147 e. The molecule has 0 aromatic heterocycles.